The zero-order valence-corrected chi connectivity index (χ0v) is 10.5. The van der Waals surface area contributed by atoms with Gasteiger partial charge in [-0.3, -0.25) is 0 Å². The molecular weight excluding hydrogens is 275 g/mol. The molecule has 3 rings (SSSR count). The fourth-order valence-electron chi connectivity index (χ4n) is 1.53. The van der Waals surface area contributed by atoms with Crippen LogP contribution in [0.4, 0.5) is 4.39 Å². The number of ether oxygens (including phenoxy) is 1. The molecule has 7 nitrogen and oxygen atoms in total. The van der Waals surface area contributed by atoms with Crippen molar-refractivity contribution in [3.63, 3.8) is 0 Å². The first-order valence-electron chi connectivity index (χ1n) is 5.83. The molecule has 0 bridgehead atoms. The first-order valence-corrected chi connectivity index (χ1v) is 5.83. The van der Waals surface area contributed by atoms with E-state index in [0.29, 0.717) is 5.75 Å². The van der Waals surface area contributed by atoms with Crippen LogP contribution in [-0.2, 0) is 0 Å². The summed E-state index contributed by atoms with van der Waals surface area (Å²) in [5.41, 5.74) is 0. The number of aromatic nitrogens is 5. The minimum absolute atomic E-state index is 0.0171. The van der Waals surface area contributed by atoms with E-state index in [9.17, 15) is 4.39 Å². The molecule has 3 aromatic rings. The van der Waals surface area contributed by atoms with E-state index >= 15 is 0 Å². The van der Waals surface area contributed by atoms with Gasteiger partial charge in [-0.1, -0.05) is 0 Å². The van der Waals surface area contributed by atoms with Crippen LogP contribution in [0.25, 0.3) is 5.95 Å². The van der Waals surface area contributed by atoms with Gasteiger partial charge in [0.1, 0.15) is 24.0 Å². The molecule has 0 unspecified atom stereocenters. The largest absolute Gasteiger partial charge is 0.439 e. The fraction of sp³-hybridized carbons (Fsp3) is 0. The molecule has 1 aromatic carbocycles. The molecule has 0 saturated carbocycles. The Labute approximate surface area is 118 Å². The number of halogens is 1. The maximum absolute atomic E-state index is 12.8. The Balaban J connectivity index is 1.86. The molecule has 0 amide bonds. The lowest BCUT2D eigenvalue weighted by Gasteiger charge is -2.05. The Bertz CT molecular complexity index is 808. The zero-order chi connectivity index (χ0) is 14.7. The predicted octanol–water partition coefficient (Wildman–Crippen LogP) is 1.86. The van der Waals surface area contributed by atoms with Crippen molar-refractivity contribution >= 4 is 0 Å². The lowest BCUT2D eigenvalue weighted by atomic mass is 10.3. The Morgan fingerprint density at radius 2 is 1.95 bits per heavy atom. The highest BCUT2D eigenvalue weighted by Crippen LogP contribution is 2.19. The van der Waals surface area contributed by atoms with Crippen molar-refractivity contribution in [2.45, 2.75) is 0 Å². The van der Waals surface area contributed by atoms with Gasteiger partial charge in [0, 0.05) is 12.3 Å². The van der Waals surface area contributed by atoms with E-state index in [4.69, 9.17) is 10.00 Å². The van der Waals surface area contributed by atoms with Crippen LogP contribution in [0.1, 0.15) is 5.82 Å². The van der Waals surface area contributed by atoms with Gasteiger partial charge >= 0.3 is 0 Å². The Hall–Kier alpha value is -3.34. The molecule has 0 radical (unpaired) electrons. The van der Waals surface area contributed by atoms with Gasteiger partial charge in [-0.15, -0.1) is 5.10 Å². The maximum atomic E-state index is 12.8. The van der Waals surface area contributed by atoms with Crippen LogP contribution in [0, 0.1) is 17.1 Å². The average Bonchev–Trinajstić information content (AvgIpc) is 2.99. The fourth-order valence-corrected chi connectivity index (χ4v) is 1.53. The first-order chi connectivity index (χ1) is 10.2. The van der Waals surface area contributed by atoms with E-state index < -0.39 is 0 Å². The third-order valence-corrected chi connectivity index (χ3v) is 2.45. The lowest BCUT2D eigenvalue weighted by Crippen LogP contribution is -2.02. The summed E-state index contributed by atoms with van der Waals surface area (Å²) in [6.07, 6.45) is 2.81. The van der Waals surface area contributed by atoms with Crippen LogP contribution in [0.5, 0.6) is 11.6 Å². The first kappa shape index (κ1) is 12.7. The summed E-state index contributed by atoms with van der Waals surface area (Å²) in [5, 5.41) is 12.6. The van der Waals surface area contributed by atoms with E-state index in [1.54, 1.807) is 6.07 Å². The highest BCUT2D eigenvalue weighted by Gasteiger charge is 2.07. The van der Waals surface area contributed by atoms with Crippen molar-refractivity contribution in [2.24, 2.45) is 0 Å². The molecule has 0 saturated heterocycles. The molecule has 21 heavy (non-hydrogen) atoms. The van der Waals surface area contributed by atoms with E-state index in [0.717, 1.165) is 0 Å². The SMILES string of the molecule is N#Cc1ncn(-c2nccc(Oc3ccc(F)cc3)n2)n1. The molecule has 0 aliphatic rings. The molecule has 0 spiro atoms. The summed E-state index contributed by atoms with van der Waals surface area (Å²) in [6, 6.07) is 8.91. The Morgan fingerprint density at radius 1 is 1.14 bits per heavy atom. The highest BCUT2D eigenvalue weighted by atomic mass is 19.1. The Morgan fingerprint density at radius 3 is 2.67 bits per heavy atom. The second kappa shape index (κ2) is 5.34. The molecule has 0 aliphatic carbocycles. The number of hydrogen-bond donors (Lipinski definition) is 0. The van der Waals surface area contributed by atoms with Crippen LogP contribution in [0.15, 0.2) is 42.9 Å². The maximum Gasteiger partial charge on any atom is 0.255 e. The third kappa shape index (κ3) is 2.82. The van der Waals surface area contributed by atoms with Crippen LogP contribution < -0.4 is 4.74 Å². The van der Waals surface area contributed by atoms with Crippen molar-refractivity contribution < 1.29 is 9.13 Å². The summed E-state index contributed by atoms with van der Waals surface area (Å²) >= 11 is 0. The van der Waals surface area contributed by atoms with Crippen molar-refractivity contribution in [2.75, 3.05) is 0 Å². The normalized spacial score (nSPS) is 10.1. The van der Waals surface area contributed by atoms with Crippen LogP contribution in [-0.4, -0.2) is 24.7 Å². The van der Waals surface area contributed by atoms with E-state index in [-0.39, 0.29) is 23.5 Å². The molecule has 2 aromatic heterocycles. The van der Waals surface area contributed by atoms with Gasteiger partial charge in [0.05, 0.1) is 0 Å². The third-order valence-electron chi connectivity index (χ3n) is 2.45. The van der Waals surface area contributed by atoms with Crippen LogP contribution in [0.2, 0.25) is 0 Å². The molecule has 102 valence electrons. The number of nitrogens with zero attached hydrogens (tertiary/aromatic N) is 6. The smallest absolute Gasteiger partial charge is 0.255 e. The van der Waals surface area contributed by atoms with Crippen molar-refractivity contribution in [3.05, 3.63) is 54.5 Å². The van der Waals surface area contributed by atoms with Crippen molar-refractivity contribution in [1.82, 2.24) is 24.7 Å². The van der Waals surface area contributed by atoms with Crippen molar-refractivity contribution in [3.8, 4) is 23.6 Å². The number of hydrogen-bond acceptors (Lipinski definition) is 6. The number of nitriles is 1. The zero-order valence-electron chi connectivity index (χ0n) is 10.5. The molecule has 0 fully saturated rings. The van der Waals surface area contributed by atoms with E-state index in [1.807, 2.05) is 6.07 Å². The lowest BCUT2D eigenvalue weighted by molar-refractivity contribution is 0.458. The monoisotopic (exact) mass is 282 g/mol. The number of rotatable bonds is 3. The second-order valence-electron chi connectivity index (χ2n) is 3.88. The summed E-state index contributed by atoms with van der Waals surface area (Å²) in [7, 11) is 0. The van der Waals surface area contributed by atoms with Crippen molar-refractivity contribution in [1.29, 1.82) is 5.26 Å². The van der Waals surface area contributed by atoms with Gasteiger partial charge < -0.3 is 4.74 Å². The number of benzene rings is 1. The van der Waals surface area contributed by atoms with Gasteiger partial charge in [0.25, 0.3) is 11.8 Å². The summed E-state index contributed by atoms with van der Waals surface area (Å²) in [6.45, 7) is 0. The standard InChI is InChI=1S/C13H7FN6O/c14-9-1-3-10(4-2-9)21-12-5-6-16-13(18-12)20-8-17-11(7-15)19-20/h1-6,8H. The topological polar surface area (TPSA) is 89.5 Å². The molecule has 0 N–H and O–H groups in total. The summed E-state index contributed by atoms with van der Waals surface area (Å²) < 4.78 is 19.6. The van der Waals surface area contributed by atoms with Crippen LogP contribution >= 0.6 is 0 Å². The molecule has 0 atom stereocenters. The van der Waals surface area contributed by atoms with Gasteiger partial charge in [0.15, 0.2) is 0 Å². The molecular formula is C13H7FN6O. The van der Waals surface area contributed by atoms with Gasteiger partial charge in [-0.25, -0.2) is 14.4 Å². The van der Waals surface area contributed by atoms with Gasteiger partial charge in [-0.05, 0) is 24.3 Å². The van der Waals surface area contributed by atoms with Gasteiger partial charge in [0.2, 0.25) is 5.88 Å². The minimum atomic E-state index is -0.350. The van der Waals surface area contributed by atoms with E-state index in [2.05, 4.69) is 20.1 Å². The molecule has 8 heteroatoms. The molecule has 0 aliphatic heterocycles. The Kier molecular flexibility index (Phi) is 3.22. The minimum Gasteiger partial charge on any atom is -0.439 e. The van der Waals surface area contributed by atoms with E-state index in [1.165, 1.54) is 41.5 Å². The van der Waals surface area contributed by atoms with Crippen LogP contribution in [0.3, 0.4) is 0 Å². The predicted molar refractivity (Wildman–Crippen MR) is 68.1 cm³/mol. The molecule has 2 heterocycles. The summed E-state index contributed by atoms with van der Waals surface area (Å²) in [5.74, 6) is 0.586. The highest BCUT2D eigenvalue weighted by molar-refractivity contribution is 5.28. The average molecular weight is 282 g/mol. The summed E-state index contributed by atoms with van der Waals surface area (Å²) in [4.78, 5) is 11.9. The second-order valence-corrected chi connectivity index (χ2v) is 3.88. The quantitative estimate of drug-likeness (QED) is 0.728. The van der Waals surface area contributed by atoms with Gasteiger partial charge in [-0.2, -0.15) is 14.9 Å².